The topological polar surface area (TPSA) is 133 Å². The average Bonchev–Trinajstić information content (AvgIpc) is 3.43. The number of ether oxygens (including phenoxy) is 1. The van der Waals surface area contributed by atoms with E-state index in [1.807, 2.05) is 43.3 Å². The van der Waals surface area contributed by atoms with Crippen LogP contribution < -0.4 is 10.6 Å². The van der Waals surface area contributed by atoms with E-state index in [0.29, 0.717) is 12.8 Å². The number of aromatic amines is 1. The Morgan fingerprint density at radius 3 is 2.35 bits per heavy atom. The first-order valence-electron chi connectivity index (χ1n) is 11.2. The van der Waals surface area contributed by atoms with Gasteiger partial charge < -0.3 is 15.2 Å². The van der Waals surface area contributed by atoms with Crippen LogP contribution in [0.4, 0.5) is 10.6 Å². The zero-order valence-electron chi connectivity index (χ0n) is 18.7. The summed E-state index contributed by atoms with van der Waals surface area (Å²) < 4.78 is 5.47. The Kier molecular flexibility index (Phi) is 6.91. The molecular formula is C25H26N4O5. The first kappa shape index (κ1) is 23.0. The molecule has 0 fully saturated rings. The Morgan fingerprint density at radius 2 is 1.74 bits per heavy atom. The zero-order valence-corrected chi connectivity index (χ0v) is 18.7. The number of H-pyrrole nitrogens is 1. The van der Waals surface area contributed by atoms with Crippen molar-refractivity contribution in [3.05, 3.63) is 71.4 Å². The highest BCUT2D eigenvalue weighted by molar-refractivity contribution is 5.96. The third kappa shape index (κ3) is 4.93. The Hall–Kier alpha value is -4.14. The molecule has 1 aliphatic carbocycles. The Morgan fingerprint density at radius 1 is 1.09 bits per heavy atom. The summed E-state index contributed by atoms with van der Waals surface area (Å²) in [6.07, 6.45) is 1.12. The molecule has 0 spiro atoms. The van der Waals surface area contributed by atoms with Crippen LogP contribution in [0.2, 0.25) is 0 Å². The summed E-state index contributed by atoms with van der Waals surface area (Å²) in [4.78, 5) is 36.1. The number of amides is 2. The number of carbonyl (C=O) groups excluding carboxylic acids is 2. The van der Waals surface area contributed by atoms with Crippen LogP contribution in [0.5, 0.6) is 0 Å². The average molecular weight is 463 g/mol. The molecule has 2 amide bonds. The SMILES string of the molecule is CCCC[C@H](NC(=O)c1cc(NC(=O)OCC2c3ccccc3-c3ccccc32)n[nH]1)C(=O)O. The molecule has 9 heteroatoms. The predicted molar refractivity (Wildman–Crippen MR) is 126 cm³/mol. The van der Waals surface area contributed by atoms with Crippen molar-refractivity contribution in [1.82, 2.24) is 15.5 Å². The molecule has 1 aromatic heterocycles. The number of fused-ring (bicyclic) bond motifs is 3. The van der Waals surface area contributed by atoms with E-state index in [4.69, 9.17) is 4.74 Å². The van der Waals surface area contributed by atoms with Crippen molar-refractivity contribution < 1.29 is 24.2 Å². The van der Waals surface area contributed by atoms with Gasteiger partial charge in [0.15, 0.2) is 5.82 Å². The minimum absolute atomic E-state index is 0.0386. The van der Waals surface area contributed by atoms with Crippen molar-refractivity contribution in [3.63, 3.8) is 0 Å². The smallest absolute Gasteiger partial charge is 0.412 e. The molecule has 1 atom stereocenters. The van der Waals surface area contributed by atoms with E-state index in [2.05, 4.69) is 33.0 Å². The lowest BCUT2D eigenvalue weighted by atomic mass is 9.98. The van der Waals surface area contributed by atoms with Crippen molar-refractivity contribution in [2.75, 3.05) is 11.9 Å². The van der Waals surface area contributed by atoms with Crippen LogP contribution in [0.3, 0.4) is 0 Å². The summed E-state index contributed by atoms with van der Waals surface area (Å²) in [5, 5.41) is 20.6. The molecule has 176 valence electrons. The highest BCUT2D eigenvalue weighted by Gasteiger charge is 2.29. The molecule has 3 aromatic rings. The monoisotopic (exact) mass is 462 g/mol. The normalized spacial score (nSPS) is 13.0. The van der Waals surface area contributed by atoms with Gasteiger partial charge in [-0.3, -0.25) is 15.2 Å². The molecule has 0 unspecified atom stereocenters. The fourth-order valence-corrected chi connectivity index (χ4v) is 4.14. The summed E-state index contributed by atoms with van der Waals surface area (Å²) in [5.74, 6) is -1.69. The second kappa shape index (κ2) is 10.2. The van der Waals surface area contributed by atoms with Crippen molar-refractivity contribution in [2.45, 2.75) is 38.1 Å². The summed E-state index contributed by atoms with van der Waals surface area (Å²) in [6.45, 7) is 2.09. The number of anilines is 1. The second-order valence-electron chi connectivity index (χ2n) is 8.12. The minimum atomic E-state index is -1.10. The number of hydrogen-bond donors (Lipinski definition) is 4. The van der Waals surface area contributed by atoms with Crippen molar-refractivity contribution in [3.8, 4) is 11.1 Å². The van der Waals surface area contributed by atoms with Gasteiger partial charge in [0.1, 0.15) is 18.3 Å². The molecule has 4 rings (SSSR count). The van der Waals surface area contributed by atoms with E-state index in [-0.39, 0.29) is 24.0 Å². The molecule has 9 nitrogen and oxygen atoms in total. The highest BCUT2D eigenvalue weighted by atomic mass is 16.5. The molecule has 2 aromatic carbocycles. The maximum absolute atomic E-state index is 12.4. The standard InChI is InChI=1S/C25H26N4O5/c1-2-3-12-20(24(31)32)26-23(30)21-13-22(29-28-21)27-25(33)34-14-19-17-10-6-4-8-15(17)16-9-5-7-11-18(16)19/h4-11,13,19-20H,2-3,12,14H2,1H3,(H,26,30)(H,31,32)(H2,27,28,29,33)/t20-/m0/s1. The molecule has 0 saturated carbocycles. The van der Waals surface area contributed by atoms with E-state index in [0.717, 1.165) is 28.7 Å². The van der Waals surface area contributed by atoms with Gasteiger partial charge in [-0.1, -0.05) is 68.3 Å². The molecule has 0 saturated heterocycles. The Balaban J connectivity index is 1.35. The van der Waals surface area contributed by atoms with Crippen LogP contribution in [-0.4, -0.2) is 45.9 Å². The summed E-state index contributed by atoms with van der Waals surface area (Å²) in [6, 6.07) is 16.4. The minimum Gasteiger partial charge on any atom is -0.480 e. The van der Waals surface area contributed by atoms with Gasteiger partial charge in [0.25, 0.3) is 5.91 Å². The molecule has 4 N–H and O–H groups in total. The fraction of sp³-hybridized carbons (Fsp3) is 0.280. The number of aliphatic carboxylic acids is 1. The number of carbonyl (C=O) groups is 3. The molecule has 0 radical (unpaired) electrons. The number of carboxylic acid groups (broad SMARTS) is 1. The van der Waals surface area contributed by atoms with Crippen molar-refractivity contribution in [1.29, 1.82) is 0 Å². The van der Waals surface area contributed by atoms with Gasteiger partial charge in [0, 0.05) is 12.0 Å². The van der Waals surface area contributed by atoms with Crippen LogP contribution in [0, 0.1) is 0 Å². The number of nitrogens with one attached hydrogen (secondary N) is 3. The van der Waals surface area contributed by atoms with Crippen LogP contribution in [0.25, 0.3) is 11.1 Å². The van der Waals surface area contributed by atoms with Crippen molar-refractivity contribution >= 4 is 23.8 Å². The number of carboxylic acids is 1. The largest absolute Gasteiger partial charge is 0.480 e. The summed E-state index contributed by atoms with van der Waals surface area (Å²) in [5.41, 5.74) is 4.51. The second-order valence-corrected chi connectivity index (χ2v) is 8.12. The summed E-state index contributed by atoms with van der Waals surface area (Å²) >= 11 is 0. The molecule has 1 aliphatic rings. The van der Waals surface area contributed by atoms with E-state index in [1.54, 1.807) is 0 Å². The predicted octanol–water partition coefficient (Wildman–Crippen LogP) is 4.14. The van der Waals surface area contributed by atoms with Gasteiger partial charge in [0.2, 0.25) is 0 Å². The molecule has 0 bridgehead atoms. The lowest BCUT2D eigenvalue weighted by Crippen LogP contribution is -2.40. The van der Waals surface area contributed by atoms with Gasteiger partial charge in [-0.25, -0.2) is 9.59 Å². The van der Waals surface area contributed by atoms with E-state index in [1.165, 1.54) is 6.07 Å². The summed E-state index contributed by atoms with van der Waals surface area (Å²) in [7, 11) is 0. The van der Waals surface area contributed by atoms with Crippen molar-refractivity contribution in [2.24, 2.45) is 0 Å². The van der Waals surface area contributed by atoms with Gasteiger partial charge in [-0.05, 0) is 28.7 Å². The zero-order chi connectivity index (χ0) is 24.1. The first-order chi connectivity index (χ1) is 16.5. The van der Waals surface area contributed by atoms with Gasteiger partial charge in [0.05, 0.1) is 0 Å². The lowest BCUT2D eigenvalue weighted by molar-refractivity contribution is -0.139. The van der Waals surface area contributed by atoms with Crippen LogP contribution >= 0.6 is 0 Å². The number of nitrogens with zero attached hydrogens (tertiary/aromatic N) is 1. The van der Waals surface area contributed by atoms with E-state index in [9.17, 15) is 19.5 Å². The van der Waals surface area contributed by atoms with Crippen LogP contribution in [-0.2, 0) is 9.53 Å². The molecular weight excluding hydrogens is 436 g/mol. The van der Waals surface area contributed by atoms with E-state index < -0.39 is 24.0 Å². The molecule has 34 heavy (non-hydrogen) atoms. The van der Waals surface area contributed by atoms with Crippen LogP contribution in [0.15, 0.2) is 54.6 Å². The quantitative estimate of drug-likeness (QED) is 0.378. The van der Waals surface area contributed by atoms with Gasteiger partial charge in [-0.2, -0.15) is 5.10 Å². The maximum Gasteiger partial charge on any atom is 0.412 e. The number of unbranched alkanes of at least 4 members (excludes halogenated alkanes) is 1. The number of hydrogen-bond acceptors (Lipinski definition) is 5. The Bertz CT molecular complexity index is 1160. The lowest BCUT2D eigenvalue weighted by Gasteiger charge is -2.14. The molecule has 1 heterocycles. The van der Waals surface area contributed by atoms with Gasteiger partial charge >= 0.3 is 12.1 Å². The van der Waals surface area contributed by atoms with Crippen LogP contribution in [0.1, 0.15) is 53.7 Å². The first-order valence-corrected chi connectivity index (χ1v) is 11.2. The third-order valence-electron chi connectivity index (χ3n) is 5.85. The highest BCUT2D eigenvalue weighted by Crippen LogP contribution is 2.44. The van der Waals surface area contributed by atoms with E-state index >= 15 is 0 Å². The fourth-order valence-electron chi connectivity index (χ4n) is 4.14. The number of benzene rings is 2. The molecule has 0 aliphatic heterocycles. The maximum atomic E-state index is 12.4. The number of aromatic nitrogens is 2. The van der Waals surface area contributed by atoms with Gasteiger partial charge in [-0.15, -0.1) is 0 Å². The third-order valence-corrected chi connectivity index (χ3v) is 5.85. The Labute approximate surface area is 196 Å². The number of rotatable bonds is 9.